The van der Waals surface area contributed by atoms with E-state index in [0.29, 0.717) is 33.4 Å². The van der Waals surface area contributed by atoms with E-state index in [1.54, 1.807) is 37.3 Å². The Morgan fingerprint density at radius 1 is 0.966 bits per heavy atom. The quantitative estimate of drug-likeness (QED) is 0.103. The first-order valence-corrected chi connectivity index (χ1v) is 19.0. The van der Waals surface area contributed by atoms with Gasteiger partial charge in [0.1, 0.15) is 0 Å². The fourth-order valence-corrected chi connectivity index (χ4v) is 9.59. The molecule has 4 aliphatic rings. The predicted octanol–water partition coefficient (Wildman–Crippen LogP) is 5.38. The van der Waals surface area contributed by atoms with Crippen LogP contribution in [-0.2, 0) is 30.8 Å². The molecule has 298 valence electrons. The zero-order valence-electron chi connectivity index (χ0n) is 30.3. The van der Waals surface area contributed by atoms with Gasteiger partial charge in [0.25, 0.3) is 11.8 Å². The molecule has 0 radical (unpaired) electrons. The number of halogens is 5. The van der Waals surface area contributed by atoms with Crippen molar-refractivity contribution in [2.24, 2.45) is 23.7 Å². The SMILES string of the molecule is CCOc1cccc([C@H]2C3=CC[C@@H]4C(=O)N(c5cccc(B(O)O)c5)C(=O)[C@@H]4[C@@H]3C[C@H]3C(=O)N(Nc4ncc(C(F)(F)F)cc4Cl)C(=O)[C@@]23c2ccc(Cl)cc2)c1O. The van der Waals surface area contributed by atoms with Crippen molar-refractivity contribution in [3.63, 3.8) is 0 Å². The number of aromatic hydroxyl groups is 1. The normalized spacial score (nSPS) is 25.3. The summed E-state index contributed by atoms with van der Waals surface area (Å²) in [5.41, 5.74) is 0.663. The van der Waals surface area contributed by atoms with Gasteiger partial charge in [0, 0.05) is 22.7 Å². The fraction of sp³-hybridized carbons (Fsp3) is 0.275. The summed E-state index contributed by atoms with van der Waals surface area (Å²) >= 11 is 12.6. The molecule has 4 aromatic rings. The van der Waals surface area contributed by atoms with Crippen LogP contribution in [0.4, 0.5) is 24.7 Å². The molecular formula is C40H32BCl2F3N4O8. The van der Waals surface area contributed by atoms with Crippen molar-refractivity contribution < 1.29 is 52.2 Å². The third kappa shape index (κ3) is 6.03. The number of carbonyl (C=O) groups is 4. The standard InChI is InChI=1S/C40H32BCl2F3N4O8/c1-2-58-30-8-4-7-26(33(30)51)32-24-13-14-25-31(37(54)49(35(25)52)23-6-3-5-21(16-23)41(56)57)27(24)17-28-36(53)50(38(55)39(28,32)19-9-11-22(42)12-10-19)48-34-29(43)15-20(18-47-34)40(44,45)46/h3-13,15-16,18,25,27-28,31-32,51,56-57H,2,14,17H2,1H3,(H,47,48)/t25-,27+,28-,31-,32+,39+/m0/s1. The minimum atomic E-state index is -4.79. The number of phenols is 1. The summed E-state index contributed by atoms with van der Waals surface area (Å²) in [4.78, 5) is 63.8. The van der Waals surface area contributed by atoms with Crippen LogP contribution >= 0.6 is 23.2 Å². The van der Waals surface area contributed by atoms with Crippen LogP contribution in [0.3, 0.4) is 0 Å². The number of nitrogens with zero attached hydrogens (tertiary/aromatic N) is 3. The number of amides is 4. The lowest BCUT2D eigenvalue weighted by molar-refractivity contribution is -0.139. The van der Waals surface area contributed by atoms with Crippen LogP contribution in [0.15, 0.2) is 90.6 Å². The number of anilines is 2. The second-order valence-electron chi connectivity index (χ2n) is 14.5. The molecule has 0 bridgehead atoms. The van der Waals surface area contributed by atoms with Crippen LogP contribution in [0.25, 0.3) is 0 Å². The molecule has 0 spiro atoms. The molecule has 8 rings (SSSR count). The van der Waals surface area contributed by atoms with Crippen LogP contribution in [-0.4, -0.2) is 62.5 Å². The third-order valence-electron chi connectivity index (χ3n) is 11.6. The van der Waals surface area contributed by atoms with Crippen molar-refractivity contribution in [3.05, 3.63) is 117 Å². The van der Waals surface area contributed by atoms with Crippen molar-refractivity contribution in [2.75, 3.05) is 16.9 Å². The number of benzene rings is 3. The fourth-order valence-electron chi connectivity index (χ4n) is 9.25. The molecule has 1 aromatic heterocycles. The molecule has 2 aliphatic heterocycles. The van der Waals surface area contributed by atoms with Crippen molar-refractivity contribution in [1.82, 2.24) is 9.99 Å². The number of aromatic nitrogens is 1. The minimum Gasteiger partial charge on any atom is -0.504 e. The lowest BCUT2D eigenvalue weighted by Crippen LogP contribution is -2.53. The number of alkyl halides is 3. The number of nitrogens with one attached hydrogen (secondary N) is 1. The second-order valence-corrected chi connectivity index (χ2v) is 15.4. The average Bonchev–Trinajstić information content (AvgIpc) is 3.57. The highest BCUT2D eigenvalue weighted by Gasteiger charge is 2.71. The molecule has 4 amide bonds. The van der Waals surface area contributed by atoms with E-state index in [9.17, 15) is 42.7 Å². The number of phenolic OH excluding ortho intramolecular Hbond substituents is 1. The number of para-hydroxylation sites is 1. The maximum absolute atomic E-state index is 15.4. The number of fused-ring (bicyclic) bond motifs is 4. The summed E-state index contributed by atoms with van der Waals surface area (Å²) < 4.78 is 46.3. The second kappa shape index (κ2) is 14.4. The Morgan fingerprint density at radius 2 is 1.69 bits per heavy atom. The smallest absolute Gasteiger partial charge is 0.488 e. The van der Waals surface area contributed by atoms with Crippen molar-refractivity contribution in [3.8, 4) is 11.5 Å². The summed E-state index contributed by atoms with van der Waals surface area (Å²) in [7, 11) is -1.88. The van der Waals surface area contributed by atoms with Gasteiger partial charge >= 0.3 is 13.3 Å². The molecule has 58 heavy (non-hydrogen) atoms. The van der Waals surface area contributed by atoms with Gasteiger partial charge in [0.2, 0.25) is 11.8 Å². The molecule has 3 aromatic carbocycles. The van der Waals surface area contributed by atoms with Crippen LogP contribution in [0.1, 0.15) is 42.4 Å². The highest BCUT2D eigenvalue weighted by atomic mass is 35.5. The number of rotatable bonds is 8. The molecule has 3 fully saturated rings. The number of pyridine rings is 1. The summed E-state index contributed by atoms with van der Waals surface area (Å²) in [5, 5.41) is 32.0. The molecule has 2 saturated heterocycles. The van der Waals surface area contributed by atoms with E-state index < -0.39 is 88.3 Å². The topological polar surface area (TPSA) is 170 Å². The van der Waals surface area contributed by atoms with Gasteiger partial charge in [-0.2, -0.15) is 18.2 Å². The number of allylic oxidation sites excluding steroid dienone is 2. The monoisotopic (exact) mass is 834 g/mol. The Kier molecular flexibility index (Phi) is 9.82. The summed E-state index contributed by atoms with van der Waals surface area (Å²) in [5.74, 6) is -8.81. The van der Waals surface area contributed by atoms with Crippen molar-refractivity contribution in [1.29, 1.82) is 0 Å². The Labute approximate surface area is 338 Å². The Balaban J connectivity index is 1.32. The highest BCUT2D eigenvalue weighted by Crippen LogP contribution is 2.65. The highest BCUT2D eigenvalue weighted by molar-refractivity contribution is 6.58. The van der Waals surface area contributed by atoms with E-state index in [4.69, 9.17) is 27.9 Å². The van der Waals surface area contributed by atoms with E-state index in [0.717, 1.165) is 4.90 Å². The van der Waals surface area contributed by atoms with Crippen LogP contribution in [0, 0.1) is 23.7 Å². The van der Waals surface area contributed by atoms with Gasteiger partial charge in [0.15, 0.2) is 17.3 Å². The molecule has 4 N–H and O–H groups in total. The number of ether oxygens (including phenoxy) is 1. The van der Waals surface area contributed by atoms with Crippen LogP contribution in [0.2, 0.25) is 10.0 Å². The summed E-state index contributed by atoms with van der Waals surface area (Å²) in [6, 6.07) is 17.2. The largest absolute Gasteiger partial charge is 0.504 e. The maximum Gasteiger partial charge on any atom is 0.488 e. The van der Waals surface area contributed by atoms with E-state index >= 15 is 4.79 Å². The van der Waals surface area contributed by atoms with Crippen LogP contribution in [0.5, 0.6) is 11.5 Å². The van der Waals surface area contributed by atoms with Gasteiger partial charge in [-0.25, -0.2) is 4.98 Å². The Morgan fingerprint density at radius 3 is 2.36 bits per heavy atom. The summed E-state index contributed by atoms with van der Waals surface area (Å²) in [6.07, 6.45) is -2.63. The van der Waals surface area contributed by atoms with Gasteiger partial charge in [-0.3, -0.25) is 29.5 Å². The lowest BCUT2D eigenvalue weighted by atomic mass is 9.49. The number of imide groups is 2. The van der Waals surface area contributed by atoms with Gasteiger partial charge in [-0.15, -0.1) is 0 Å². The van der Waals surface area contributed by atoms with Gasteiger partial charge in [-0.1, -0.05) is 71.2 Å². The molecule has 18 heteroatoms. The first-order valence-electron chi connectivity index (χ1n) is 18.2. The average molecular weight is 835 g/mol. The van der Waals surface area contributed by atoms with E-state index in [1.807, 2.05) is 0 Å². The zero-order valence-corrected chi connectivity index (χ0v) is 31.8. The molecule has 0 unspecified atom stereocenters. The predicted molar refractivity (Wildman–Crippen MR) is 205 cm³/mol. The van der Waals surface area contributed by atoms with Gasteiger partial charge in [0.05, 0.1) is 46.0 Å². The Hall–Kier alpha value is -5.42. The molecule has 2 aliphatic carbocycles. The van der Waals surface area contributed by atoms with Crippen LogP contribution < -0.4 is 20.5 Å². The third-order valence-corrected chi connectivity index (χ3v) is 12.2. The van der Waals surface area contributed by atoms with E-state index in [-0.39, 0.29) is 47.7 Å². The number of hydrogen-bond acceptors (Lipinski definition) is 10. The van der Waals surface area contributed by atoms with Gasteiger partial charge < -0.3 is 19.9 Å². The van der Waals surface area contributed by atoms with E-state index in [1.165, 1.54) is 42.5 Å². The lowest BCUT2D eigenvalue weighted by Gasteiger charge is -2.50. The van der Waals surface area contributed by atoms with Crippen molar-refractivity contribution in [2.45, 2.75) is 37.3 Å². The molecule has 12 nitrogen and oxygen atoms in total. The number of hydrazine groups is 1. The first kappa shape index (κ1) is 39.4. The molecular weight excluding hydrogens is 803 g/mol. The number of carbonyl (C=O) groups excluding carboxylic acids is 4. The Bertz CT molecular complexity index is 2420. The first-order chi connectivity index (χ1) is 27.6. The molecule has 6 atom stereocenters. The maximum atomic E-state index is 15.4. The van der Waals surface area contributed by atoms with Gasteiger partial charge in [-0.05, 0) is 73.1 Å². The molecule has 1 saturated carbocycles. The van der Waals surface area contributed by atoms with E-state index in [2.05, 4.69) is 10.4 Å². The van der Waals surface area contributed by atoms with Crippen molar-refractivity contribution >= 4 is 70.9 Å². The minimum absolute atomic E-state index is 0.0405. The number of hydrogen-bond donors (Lipinski definition) is 4. The summed E-state index contributed by atoms with van der Waals surface area (Å²) in [6.45, 7) is 1.88. The molecule has 3 heterocycles. The zero-order chi connectivity index (χ0) is 41.4.